The summed E-state index contributed by atoms with van der Waals surface area (Å²) < 4.78 is 5.70. The van der Waals surface area contributed by atoms with Crippen molar-refractivity contribution in [2.45, 2.75) is 39.2 Å². The molecule has 2 aromatic rings. The molecule has 1 aromatic carbocycles. The summed E-state index contributed by atoms with van der Waals surface area (Å²) in [5.41, 5.74) is 3.43. The van der Waals surface area contributed by atoms with Crippen molar-refractivity contribution in [1.82, 2.24) is 15.2 Å². The van der Waals surface area contributed by atoms with Gasteiger partial charge < -0.3 is 15.2 Å². The van der Waals surface area contributed by atoms with Crippen LogP contribution in [-0.2, 0) is 12.8 Å². The number of anilines is 2. The van der Waals surface area contributed by atoms with Crippen molar-refractivity contribution in [2.24, 2.45) is 0 Å². The highest BCUT2D eigenvalue weighted by atomic mass is 16.5. The van der Waals surface area contributed by atoms with Crippen LogP contribution in [0.25, 0.3) is 0 Å². The van der Waals surface area contributed by atoms with Gasteiger partial charge in [0.25, 0.3) is 0 Å². The number of fused-ring (bicyclic) bond motifs is 1. The average Bonchev–Trinajstić information content (AvgIpc) is 2.55. The van der Waals surface area contributed by atoms with Gasteiger partial charge in [0, 0.05) is 12.0 Å². The Morgan fingerprint density at radius 1 is 1.23 bits per heavy atom. The minimum Gasteiger partial charge on any atom is -0.491 e. The Morgan fingerprint density at radius 3 is 2.82 bits per heavy atom. The fourth-order valence-corrected chi connectivity index (χ4v) is 2.62. The van der Waals surface area contributed by atoms with Gasteiger partial charge >= 0.3 is 0 Å². The fraction of sp³-hybridized carbons (Fsp3) is 0.438. The number of aliphatic hydroxyl groups is 1. The molecule has 2 N–H and O–H groups in total. The van der Waals surface area contributed by atoms with Crippen molar-refractivity contribution < 1.29 is 9.84 Å². The largest absolute Gasteiger partial charge is 0.491 e. The van der Waals surface area contributed by atoms with E-state index >= 15 is 0 Å². The van der Waals surface area contributed by atoms with Crippen LogP contribution in [0.4, 0.5) is 11.6 Å². The summed E-state index contributed by atoms with van der Waals surface area (Å²) in [7, 11) is 0. The van der Waals surface area contributed by atoms with Crippen LogP contribution < -0.4 is 10.1 Å². The third-order valence-electron chi connectivity index (χ3n) is 3.80. The summed E-state index contributed by atoms with van der Waals surface area (Å²) in [6.07, 6.45) is 1.76. The molecule has 0 amide bonds. The van der Waals surface area contributed by atoms with E-state index in [1.165, 1.54) is 0 Å². The Hall–Kier alpha value is -2.21. The second kappa shape index (κ2) is 6.27. The maximum absolute atomic E-state index is 10.1. The number of hydrogen-bond donors (Lipinski definition) is 2. The van der Waals surface area contributed by atoms with E-state index in [1.54, 1.807) is 0 Å². The molecule has 116 valence electrons. The van der Waals surface area contributed by atoms with Gasteiger partial charge in [-0.15, -0.1) is 10.2 Å². The topological polar surface area (TPSA) is 80.2 Å². The first kappa shape index (κ1) is 14.7. The van der Waals surface area contributed by atoms with E-state index < -0.39 is 6.10 Å². The summed E-state index contributed by atoms with van der Waals surface area (Å²) >= 11 is 0. The summed E-state index contributed by atoms with van der Waals surface area (Å²) in [5.74, 6) is 1.12. The first-order chi connectivity index (χ1) is 10.7. The number of aliphatic hydroxyl groups excluding tert-OH is 1. The van der Waals surface area contributed by atoms with Crippen LogP contribution in [0.3, 0.4) is 0 Å². The van der Waals surface area contributed by atoms with Gasteiger partial charge in [0.15, 0.2) is 0 Å². The first-order valence-electron chi connectivity index (χ1n) is 7.66. The molecular formula is C16H20N4O2. The van der Waals surface area contributed by atoms with E-state index in [2.05, 4.69) is 27.4 Å². The molecule has 3 rings (SSSR count). The van der Waals surface area contributed by atoms with Crippen molar-refractivity contribution in [3.8, 4) is 5.75 Å². The van der Waals surface area contributed by atoms with Gasteiger partial charge in [0.2, 0.25) is 5.95 Å². The Balaban J connectivity index is 1.92. The number of rotatable bonds is 4. The van der Waals surface area contributed by atoms with Gasteiger partial charge in [-0.2, -0.15) is 0 Å². The smallest absolute Gasteiger partial charge is 0.247 e. The van der Waals surface area contributed by atoms with Crippen molar-refractivity contribution in [2.75, 3.05) is 11.9 Å². The van der Waals surface area contributed by atoms with Crippen LogP contribution in [0.15, 0.2) is 18.2 Å². The Labute approximate surface area is 129 Å². The molecule has 0 unspecified atom stereocenters. The van der Waals surface area contributed by atoms with Gasteiger partial charge in [-0.3, -0.25) is 0 Å². The standard InChI is InChI=1S/C16H20N4O2/c1-3-11-12(4-2)19-20-16(17-11)18-13-7-5-6-10-14(21)8-9-22-15(10)13/h5-7,14,21H,3-4,8-9H2,1-2H3,(H,17,18,20)/t14-/m0/s1. The van der Waals surface area contributed by atoms with Crippen molar-refractivity contribution in [1.29, 1.82) is 0 Å². The molecule has 0 aliphatic carbocycles. The number of aryl methyl sites for hydroxylation is 2. The zero-order valence-electron chi connectivity index (χ0n) is 12.8. The minimum atomic E-state index is -0.488. The van der Waals surface area contributed by atoms with E-state index in [4.69, 9.17) is 4.74 Å². The van der Waals surface area contributed by atoms with E-state index in [9.17, 15) is 5.11 Å². The second-order valence-electron chi connectivity index (χ2n) is 5.24. The maximum atomic E-state index is 10.1. The minimum absolute atomic E-state index is 0.450. The van der Waals surface area contributed by atoms with E-state index in [0.29, 0.717) is 24.7 Å². The maximum Gasteiger partial charge on any atom is 0.247 e. The number of ether oxygens (including phenoxy) is 1. The molecule has 0 spiro atoms. The molecule has 0 radical (unpaired) electrons. The lowest BCUT2D eigenvalue weighted by molar-refractivity contribution is 0.116. The highest BCUT2D eigenvalue weighted by Crippen LogP contribution is 2.38. The predicted molar refractivity (Wildman–Crippen MR) is 83.4 cm³/mol. The van der Waals surface area contributed by atoms with Crippen LogP contribution in [-0.4, -0.2) is 26.9 Å². The van der Waals surface area contributed by atoms with Gasteiger partial charge in [-0.1, -0.05) is 26.0 Å². The molecule has 0 saturated heterocycles. The zero-order valence-corrected chi connectivity index (χ0v) is 12.8. The van der Waals surface area contributed by atoms with Gasteiger partial charge in [0.1, 0.15) is 5.75 Å². The van der Waals surface area contributed by atoms with Gasteiger partial charge in [-0.05, 0) is 18.9 Å². The molecule has 6 nitrogen and oxygen atoms in total. The van der Waals surface area contributed by atoms with E-state index in [-0.39, 0.29) is 0 Å². The lowest BCUT2D eigenvalue weighted by Gasteiger charge is -2.24. The van der Waals surface area contributed by atoms with Gasteiger partial charge in [0.05, 0.1) is 29.8 Å². The highest BCUT2D eigenvalue weighted by Gasteiger charge is 2.22. The third-order valence-corrected chi connectivity index (χ3v) is 3.80. The van der Waals surface area contributed by atoms with Gasteiger partial charge in [-0.25, -0.2) is 4.98 Å². The molecule has 1 atom stereocenters. The number of aromatic nitrogens is 3. The monoisotopic (exact) mass is 300 g/mol. The van der Waals surface area contributed by atoms with Crippen molar-refractivity contribution in [3.63, 3.8) is 0 Å². The van der Waals surface area contributed by atoms with Crippen LogP contribution in [0.1, 0.15) is 43.3 Å². The lowest BCUT2D eigenvalue weighted by atomic mass is 10.0. The highest BCUT2D eigenvalue weighted by molar-refractivity contribution is 5.66. The molecule has 1 aromatic heterocycles. The van der Waals surface area contributed by atoms with Crippen molar-refractivity contribution >= 4 is 11.6 Å². The Morgan fingerprint density at radius 2 is 2.05 bits per heavy atom. The summed E-state index contributed by atoms with van der Waals surface area (Å²) in [5, 5.41) is 21.6. The fourth-order valence-electron chi connectivity index (χ4n) is 2.62. The molecule has 1 aliphatic heterocycles. The first-order valence-corrected chi connectivity index (χ1v) is 7.66. The number of nitrogens with one attached hydrogen (secondary N) is 1. The van der Waals surface area contributed by atoms with Crippen molar-refractivity contribution in [3.05, 3.63) is 35.2 Å². The number of para-hydroxylation sites is 1. The number of hydrogen-bond acceptors (Lipinski definition) is 6. The van der Waals surface area contributed by atoms with Crippen LogP contribution >= 0.6 is 0 Å². The summed E-state index contributed by atoms with van der Waals surface area (Å²) in [4.78, 5) is 4.52. The molecule has 6 heteroatoms. The SMILES string of the molecule is CCc1nnc(Nc2cccc3c2OCC[C@@H]3O)nc1CC. The van der Waals surface area contributed by atoms with E-state index in [1.807, 2.05) is 25.1 Å². The summed E-state index contributed by atoms with van der Waals surface area (Å²) in [6, 6.07) is 5.65. The average molecular weight is 300 g/mol. The molecule has 0 saturated carbocycles. The zero-order chi connectivity index (χ0) is 15.5. The van der Waals surface area contributed by atoms with Crippen LogP contribution in [0.2, 0.25) is 0 Å². The molecule has 0 fully saturated rings. The third kappa shape index (κ3) is 2.74. The Bertz CT molecular complexity index is 675. The van der Waals surface area contributed by atoms with Crippen LogP contribution in [0, 0.1) is 0 Å². The number of benzene rings is 1. The molecule has 0 bridgehead atoms. The molecule has 1 aliphatic rings. The van der Waals surface area contributed by atoms with Crippen LogP contribution in [0.5, 0.6) is 5.75 Å². The molecule has 22 heavy (non-hydrogen) atoms. The predicted octanol–water partition coefficient (Wildman–Crippen LogP) is 2.56. The second-order valence-corrected chi connectivity index (χ2v) is 5.24. The summed E-state index contributed by atoms with van der Waals surface area (Å²) in [6.45, 7) is 4.60. The molecule has 2 heterocycles. The lowest BCUT2D eigenvalue weighted by Crippen LogP contribution is -2.15. The number of nitrogens with zero attached hydrogens (tertiary/aromatic N) is 3. The quantitative estimate of drug-likeness (QED) is 0.903. The molecular weight excluding hydrogens is 280 g/mol. The van der Waals surface area contributed by atoms with E-state index in [0.717, 1.165) is 35.5 Å². The Kier molecular flexibility index (Phi) is 4.20. The normalized spacial score (nSPS) is 16.8.